The van der Waals surface area contributed by atoms with Crippen molar-refractivity contribution < 1.29 is 0 Å². The zero-order valence-electron chi connectivity index (χ0n) is 27.6. The van der Waals surface area contributed by atoms with E-state index in [0.29, 0.717) is 0 Å². The van der Waals surface area contributed by atoms with E-state index < -0.39 is 0 Å². The predicted octanol–water partition coefficient (Wildman–Crippen LogP) is 12.9. The Labute approximate surface area is 283 Å². The van der Waals surface area contributed by atoms with Crippen molar-refractivity contribution in [2.75, 3.05) is 4.90 Å². The molecule has 0 aliphatic rings. The molecule has 8 aromatic rings. The third-order valence-corrected chi connectivity index (χ3v) is 9.35. The molecule has 7 aromatic carbocycles. The van der Waals surface area contributed by atoms with E-state index in [2.05, 4.69) is 206 Å². The monoisotopic (exact) mass is 618 g/mol. The van der Waals surface area contributed by atoms with Gasteiger partial charge in [0.25, 0.3) is 0 Å². The highest BCUT2D eigenvalue weighted by atomic mass is 15.1. The Bertz CT molecular complexity index is 2340. The van der Waals surface area contributed by atoms with Crippen LogP contribution in [-0.2, 0) is 5.41 Å². The molecule has 0 radical (unpaired) electrons. The number of aromatic nitrogens is 1. The van der Waals surface area contributed by atoms with Crippen LogP contribution in [0.25, 0.3) is 49.7 Å². The standard InChI is InChI=1S/C46H38N2/c1-46(2,3)36-26-30-45-42(32-36)41-31-35(25-29-44(41)48(45)38-19-11-6-12-20-38)33-23-27-39(28-24-33)47(37-17-9-5-10-18-37)43-22-14-13-21-40(43)34-15-7-4-8-16-34/h4-32H,1-3H3. The first-order chi connectivity index (χ1) is 23.5. The van der Waals surface area contributed by atoms with Crippen molar-refractivity contribution in [2.24, 2.45) is 0 Å². The van der Waals surface area contributed by atoms with Gasteiger partial charge in [-0.1, -0.05) is 130 Å². The first-order valence-electron chi connectivity index (χ1n) is 16.7. The van der Waals surface area contributed by atoms with Crippen molar-refractivity contribution in [3.8, 4) is 27.9 Å². The summed E-state index contributed by atoms with van der Waals surface area (Å²) in [5.41, 5.74) is 13.2. The highest BCUT2D eigenvalue weighted by Gasteiger charge is 2.20. The molecule has 0 unspecified atom stereocenters. The molecule has 1 heterocycles. The van der Waals surface area contributed by atoms with Crippen LogP contribution in [-0.4, -0.2) is 4.57 Å². The van der Waals surface area contributed by atoms with Crippen LogP contribution in [0.15, 0.2) is 176 Å². The number of hydrogen-bond donors (Lipinski definition) is 0. The minimum Gasteiger partial charge on any atom is -0.310 e. The van der Waals surface area contributed by atoms with Gasteiger partial charge in [0.2, 0.25) is 0 Å². The lowest BCUT2D eigenvalue weighted by molar-refractivity contribution is 0.591. The highest BCUT2D eigenvalue weighted by Crippen LogP contribution is 2.42. The van der Waals surface area contributed by atoms with E-state index in [1.165, 1.54) is 55.3 Å². The van der Waals surface area contributed by atoms with Crippen LogP contribution in [0.1, 0.15) is 26.3 Å². The summed E-state index contributed by atoms with van der Waals surface area (Å²) in [6, 6.07) is 63.5. The molecule has 0 saturated heterocycles. The summed E-state index contributed by atoms with van der Waals surface area (Å²) < 4.78 is 2.39. The Morgan fingerprint density at radius 2 is 0.979 bits per heavy atom. The van der Waals surface area contributed by atoms with Gasteiger partial charge in [-0.05, 0) is 94.4 Å². The molecule has 0 aliphatic heterocycles. The fourth-order valence-electron chi connectivity index (χ4n) is 6.86. The summed E-state index contributed by atoms with van der Waals surface area (Å²) in [6.45, 7) is 6.86. The highest BCUT2D eigenvalue weighted by molar-refractivity contribution is 6.10. The molecule has 0 fully saturated rings. The number of fused-ring (bicyclic) bond motifs is 3. The number of rotatable bonds is 6. The van der Waals surface area contributed by atoms with E-state index in [0.717, 1.165) is 17.1 Å². The Hall–Kier alpha value is -5.86. The molecule has 0 aliphatic carbocycles. The lowest BCUT2D eigenvalue weighted by Gasteiger charge is -2.28. The van der Waals surface area contributed by atoms with E-state index in [9.17, 15) is 0 Å². The Balaban J connectivity index is 1.25. The Morgan fingerprint density at radius 3 is 1.67 bits per heavy atom. The summed E-state index contributed by atoms with van der Waals surface area (Å²) in [7, 11) is 0. The summed E-state index contributed by atoms with van der Waals surface area (Å²) in [4.78, 5) is 2.36. The molecule has 2 heteroatoms. The Morgan fingerprint density at radius 1 is 0.438 bits per heavy atom. The fraction of sp³-hybridized carbons (Fsp3) is 0.0870. The molecule has 0 spiro atoms. The first-order valence-corrected chi connectivity index (χ1v) is 16.7. The molecular formula is C46H38N2. The van der Waals surface area contributed by atoms with Gasteiger partial charge in [0.05, 0.1) is 16.7 Å². The summed E-state index contributed by atoms with van der Waals surface area (Å²) in [5, 5.41) is 2.55. The van der Waals surface area contributed by atoms with Gasteiger partial charge < -0.3 is 9.47 Å². The third-order valence-electron chi connectivity index (χ3n) is 9.35. The lowest BCUT2D eigenvalue weighted by atomic mass is 9.86. The number of hydrogen-bond acceptors (Lipinski definition) is 1. The van der Waals surface area contributed by atoms with Crippen LogP contribution in [0, 0.1) is 0 Å². The molecule has 0 saturated carbocycles. The molecule has 8 rings (SSSR count). The number of benzene rings is 7. The van der Waals surface area contributed by atoms with Crippen LogP contribution < -0.4 is 4.90 Å². The van der Waals surface area contributed by atoms with Gasteiger partial charge in [-0.15, -0.1) is 0 Å². The maximum atomic E-state index is 2.39. The molecular weight excluding hydrogens is 581 g/mol. The largest absolute Gasteiger partial charge is 0.310 e. The summed E-state index contributed by atoms with van der Waals surface area (Å²) in [6.07, 6.45) is 0. The van der Waals surface area contributed by atoms with Crippen molar-refractivity contribution in [3.05, 3.63) is 181 Å². The second-order valence-electron chi connectivity index (χ2n) is 13.5. The van der Waals surface area contributed by atoms with Crippen molar-refractivity contribution in [3.63, 3.8) is 0 Å². The summed E-state index contributed by atoms with van der Waals surface area (Å²) in [5.74, 6) is 0. The SMILES string of the molecule is CC(C)(C)c1ccc2c(c1)c1cc(-c3ccc(N(c4ccccc4)c4ccccc4-c4ccccc4)cc3)ccc1n2-c1ccccc1. The third kappa shape index (κ3) is 5.36. The van der Waals surface area contributed by atoms with Crippen molar-refractivity contribution in [2.45, 2.75) is 26.2 Å². The average molecular weight is 619 g/mol. The summed E-state index contributed by atoms with van der Waals surface area (Å²) >= 11 is 0. The van der Waals surface area contributed by atoms with Gasteiger partial charge in [-0.25, -0.2) is 0 Å². The minimum atomic E-state index is 0.0621. The van der Waals surface area contributed by atoms with Gasteiger partial charge in [-0.3, -0.25) is 0 Å². The molecule has 0 atom stereocenters. The maximum absolute atomic E-state index is 2.39. The molecule has 0 N–H and O–H groups in total. The van der Waals surface area contributed by atoms with Gasteiger partial charge >= 0.3 is 0 Å². The molecule has 0 amide bonds. The normalized spacial score (nSPS) is 11.6. The predicted molar refractivity (Wildman–Crippen MR) is 205 cm³/mol. The molecule has 2 nitrogen and oxygen atoms in total. The van der Waals surface area contributed by atoms with Gasteiger partial charge in [0, 0.05) is 33.4 Å². The van der Waals surface area contributed by atoms with Gasteiger partial charge in [0.1, 0.15) is 0 Å². The Kier molecular flexibility index (Phi) is 7.42. The van der Waals surface area contributed by atoms with Gasteiger partial charge in [-0.2, -0.15) is 0 Å². The van der Waals surface area contributed by atoms with Crippen LogP contribution in [0.4, 0.5) is 17.1 Å². The van der Waals surface area contributed by atoms with Crippen LogP contribution in [0.3, 0.4) is 0 Å². The number of anilines is 3. The topological polar surface area (TPSA) is 8.17 Å². The van der Waals surface area contributed by atoms with Crippen LogP contribution in [0.5, 0.6) is 0 Å². The molecule has 0 bridgehead atoms. The average Bonchev–Trinajstić information content (AvgIpc) is 3.46. The fourth-order valence-corrected chi connectivity index (χ4v) is 6.86. The number of nitrogens with zero attached hydrogens (tertiary/aromatic N) is 2. The molecule has 48 heavy (non-hydrogen) atoms. The zero-order chi connectivity index (χ0) is 32.7. The van der Waals surface area contributed by atoms with E-state index in [1.807, 2.05) is 0 Å². The van der Waals surface area contributed by atoms with E-state index >= 15 is 0 Å². The van der Waals surface area contributed by atoms with Gasteiger partial charge in [0.15, 0.2) is 0 Å². The van der Waals surface area contributed by atoms with Crippen molar-refractivity contribution >= 4 is 38.9 Å². The lowest BCUT2D eigenvalue weighted by Crippen LogP contribution is -2.11. The van der Waals surface area contributed by atoms with Crippen LogP contribution in [0.2, 0.25) is 0 Å². The molecule has 1 aromatic heterocycles. The zero-order valence-corrected chi connectivity index (χ0v) is 27.6. The maximum Gasteiger partial charge on any atom is 0.0541 e. The number of para-hydroxylation sites is 3. The second kappa shape index (κ2) is 12.1. The smallest absolute Gasteiger partial charge is 0.0541 e. The quantitative estimate of drug-likeness (QED) is 0.180. The van der Waals surface area contributed by atoms with E-state index in [1.54, 1.807) is 0 Å². The minimum absolute atomic E-state index is 0.0621. The molecule has 232 valence electrons. The van der Waals surface area contributed by atoms with Crippen molar-refractivity contribution in [1.82, 2.24) is 4.57 Å². The second-order valence-corrected chi connectivity index (χ2v) is 13.5. The first kappa shape index (κ1) is 29.5. The van der Waals surface area contributed by atoms with E-state index in [4.69, 9.17) is 0 Å². The van der Waals surface area contributed by atoms with Crippen molar-refractivity contribution in [1.29, 1.82) is 0 Å². The van der Waals surface area contributed by atoms with E-state index in [-0.39, 0.29) is 5.41 Å². The van der Waals surface area contributed by atoms with Crippen LogP contribution >= 0.6 is 0 Å².